The van der Waals surface area contributed by atoms with Gasteiger partial charge in [0.15, 0.2) is 5.71 Å². The Balaban J connectivity index is 2.20. The highest BCUT2D eigenvalue weighted by molar-refractivity contribution is 6.45. The summed E-state index contributed by atoms with van der Waals surface area (Å²) in [5, 5.41) is 10.7. The van der Waals surface area contributed by atoms with Gasteiger partial charge in [-0.3, -0.25) is 4.79 Å². The van der Waals surface area contributed by atoms with E-state index in [2.05, 4.69) is 15.6 Å². The van der Waals surface area contributed by atoms with Gasteiger partial charge in [-0.05, 0) is 19.4 Å². The van der Waals surface area contributed by atoms with Gasteiger partial charge in [-0.25, -0.2) is 0 Å². The maximum atomic E-state index is 12.1. The quantitative estimate of drug-likeness (QED) is 0.560. The number of benzene rings is 2. The first kappa shape index (κ1) is 20.9. The van der Waals surface area contributed by atoms with E-state index in [0.717, 1.165) is 22.4 Å². The van der Waals surface area contributed by atoms with E-state index in [1.807, 2.05) is 68.5 Å². The standard InChI is InChI=1S/C22H25N3O3/c1-5-19(17-11-7-6-8-12-17)16(2)24-28-15-18-13-9-10-14-20(18)21(25-27-4)22(26)23-3/h5-14H,15H2,1-4H3,(H,23,26)/b19-5-,24-16+,25-21+. The van der Waals surface area contributed by atoms with E-state index in [9.17, 15) is 4.79 Å². The van der Waals surface area contributed by atoms with Crippen molar-refractivity contribution in [3.8, 4) is 0 Å². The molecule has 0 unspecified atom stereocenters. The summed E-state index contributed by atoms with van der Waals surface area (Å²) in [6.07, 6.45) is 2.00. The van der Waals surface area contributed by atoms with Crippen molar-refractivity contribution in [3.05, 3.63) is 77.4 Å². The second-order valence-electron chi connectivity index (χ2n) is 5.88. The van der Waals surface area contributed by atoms with Crippen molar-refractivity contribution in [1.82, 2.24) is 5.32 Å². The fraction of sp³-hybridized carbons (Fsp3) is 0.227. The highest BCUT2D eigenvalue weighted by atomic mass is 16.6. The van der Waals surface area contributed by atoms with Crippen LogP contribution in [0.3, 0.4) is 0 Å². The molecule has 1 N–H and O–H groups in total. The Labute approximate surface area is 165 Å². The number of nitrogens with one attached hydrogen (secondary N) is 1. The van der Waals surface area contributed by atoms with Gasteiger partial charge < -0.3 is 15.0 Å². The van der Waals surface area contributed by atoms with Crippen LogP contribution in [0.15, 0.2) is 71.0 Å². The summed E-state index contributed by atoms with van der Waals surface area (Å²) in [7, 11) is 2.94. The van der Waals surface area contributed by atoms with Crippen LogP contribution in [-0.4, -0.2) is 31.5 Å². The fourth-order valence-corrected chi connectivity index (χ4v) is 2.75. The summed E-state index contributed by atoms with van der Waals surface area (Å²) >= 11 is 0. The van der Waals surface area contributed by atoms with E-state index in [1.165, 1.54) is 7.11 Å². The van der Waals surface area contributed by atoms with Gasteiger partial charge in [-0.1, -0.05) is 71.0 Å². The van der Waals surface area contributed by atoms with Crippen molar-refractivity contribution in [2.75, 3.05) is 14.2 Å². The van der Waals surface area contributed by atoms with Gasteiger partial charge in [0, 0.05) is 23.7 Å². The van der Waals surface area contributed by atoms with Crippen molar-refractivity contribution >= 4 is 22.9 Å². The molecule has 0 aliphatic rings. The maximum absolute atomic E-state index is 12.1. The van der Waals surface area contributed by atoms with Crippen molar-refractivity contribution in [2.45, 2.75) is 20.5 Å². The topological polar surface area (TPSA) is 72.3 Å². The number of hydrogen-bond donors (Lipinski definition) is 1. The zero-order valence-corrected chi connectivity index (χ0v) is 16.6. The minimum absolute atomic E-state index is 0.184. The van der Waals surface area contributed by atoms with E-state index in [-0.39, 0.29) is 18.2 Å². The molecule has 2 rings (SSSR count). The Morgan fingerprint density at radius 2 is 1.75 bits per heavy atom. The minimum Gasteiger partial charge on any atom is -0.398 e. The van der Waals surface area contributed by atoms with Gasteiger partial charge in [0.2, 0.25) is 0 Å². The first-order valence-electron chi connectivity index (χ1n) is 8.92. The highest BCUT2D eigenvalue weighted by Crippen LogP contribution is 2.17. The highest BCUT2D eigenvalue weighted by Gasteiger charge is 2.17. The molecule has 0 atom stereocenters. The van der Waals surface area contributed by atoms with Crippen molar-refractivity contribution in [3.63, 3.8) is 0 Å². The van der Waals surface area contributed by atoms with Crippen molar-refractivity contribution < 1.29 is 14.5 Å². The second-order valence-corrected chi connectivity index (χ2v) is 5.88. The van der Waals surface area contributed by atoms with Crippen LogP contribution in [0.2, 0.25) is 0 Å². The zero-order chi connectivity index (χ0) is 20.4. The van der Waals surface area contributed by atoms with E-state index in [1.54, 1.807) is 13.1 Å². The Bertz CT molecular complexity index is 887. The van der Waals surface area contributed by atoms with Gasteiger partial charge in [-0.2, -0.15) is 0 Å². The molecule has 2 aromatic carbocycles. The molecular formula is C22H25N3O3. The van der Waals surface area contributed by atoms with Crippen LogP contribution in [0.5, 0.6) is 0 Å². The van der Waals surface area contributed by atoms with E-state index < -0.39 is 0 Å². The monoisotopic (exact) mass is 379 g/mol. The SMILES string of the molecule is C/C=C(/C(C)=N/OCc1ccccc1/C(=N\OC)C(=O)NC)c1ccccc1. The first-order chi connectivity index (χ1) is 13.6. The van der Waals surface area contributed by atoms with Crippen LogP contribution < -0.4 is 5.32 Å². The Hall–Kier alpha value is -3.41. The molecular weight excluding hydrogens is 354 g/mol. The molecule has 146 valence electrons. The van der Waals surface area contributed by atoms with Crippen LogP contribution in [0, 0.1) is 0 Å². The van der Waals surface area contributed by atoms with Crippen LogP contribution in [0.1, 0.15) is 30.5 Å². The third-order valence-corrected chi connectivity index (χ3v) is 4.08. The molecule has 0 bridgehead atoms. The summed E-state index contributed by atoms with van der Waals surface area (Å²) in [5.74, 6) is -0.339. The third kappa shape index (κ3) is 5.30. The van der Waals surface area contributed by atoms with Crippen molar-refractivity contribution in [1.29, 1.82) is 0 Å². The maximum Gasteiger partial charge on any atom is 0.273 e. The Morgan fingerprint density at radius 1 is 1.07 bits per heavy atom. The Morgan fingerprint density at radius 3 is 2.39 bits per heavy atom. The Kier molecular flexibility index (Phi) is 7.96. The van der Waals surface area contributed by atoms with E-state index in [4.69, 9.17) is 9.68 Å². The van der Waals surface area contributed by atoms with Gasteiger partial charge in [0.05, 0.1) is 5.71 Å². The lowest BCUT2D eigenvalue weighted by molar-refractivity contribution is -0.114. The van der Waals surface area contributed by atoms with Gasteiger partial charge in [-0.15, -0.1) is 0 Å². The number of carbonyl (C=O) groups is 1. The summed E-state index contributed by atoms with van der Waals surface area (Å²) < 4.78 is 0. The first-order valence-corrected chi connectivity index (χ1v) is 8.92. The number of nitrogens with zero attached hydrogens (tertiary/aromatic N) is 2. The smallest absolute Gasteiger partial charge is 0.273 e. The molecule has 0 heterocycles. The van der Waals surface area contributed by atoms with Crippen LogP contribution in [0.4, 0.5) is 0 Å². The fourth-order valence-electron chi connectivity index (χ4n) is 2.75. The summed E-state index contributed by atoms with van der Waals surface area (Å²) in [4.78, 5) is 22.5. The zero-order valence-electron chi connectivity index (χ0n) is 16.6. The predicted octanol–water partition coefficient (Wildman–Crippen LogP) is 3.78. The number of likely N-dealkylation sites (N-methyl/N-ethyl adjacent to an activating group) is 1. The van der Waals surface area contributed by atoms with Crippen LogP contribution in [-0.2, 0) is 21.1 Å². The summed E-state index contributed by atoms with van der Waals surface area (Å²) in [5.41, 5.74) is 4.43. The molecule has 0 saturated heterocycles. The minimum atomic E-state index is -0.339. The molecule has 0 aliphatic carbocycles. The third-order valence-electron chi connectivity index (χ3n) is 4.08. The molecule has 0 radical (unpaired) electrons. The lowest BCUT2D eigenvalue weighted by Crippen LogP contribution is -2.29. The van der Waals surface area contributed by atoms with E-state index in [0.29, 0.717) is 5.56 Å². The summed E-state index contributed by atoms with van der Waals surface area (Å²) in [6, 6.07) is 17.4. The molecule has 0 saturated carbocycles. The van der Waals surface area contributed by atoms with Gasteiger partial charge in [0.25, 0.3) is 5.91 Å². The molecule has 2 aromatic rings. The molecule has 0 aliphatic heterocycles. The molecule has 28 heavy (non-hydrogen) atoms. The number of carbonyl (C=O) groups excluding carboxylic acids is 1. The lowest BCUT2D eigenvalue weighted by Gasteiger charge is -2.11. The number of oxime groups is 2. The number of allylic oxidation sites excluding steroid dienone is 2. The van der Waals surface area contributed by atoms with Crippen molar-refractivity contribution in [2.24, 2.45) is 10.3 Å². The molecule has 0 spiro atoms. The molecule has 6 heteroatoms. The number of hydrogen-bond acceptors (Lipinski definition) is 5. The predicted molar refractivity (Wildman–Crippen MR) is 112 cm³/mol. The summed E-state index contributed by atoms with van der Waals surface area (Å²) in [6.45, 7) is 4.06. The molecule has 0 aromatic heterocycles. The molecule has 0 fully saturated rings. The van der Waals surface area contributed by atoms with Crippen LogP contribution >= 0.6 is 0 Å². The van der Waals surface area contributed by atoms with Crippen LogP contribution in [0.25, 0.3) is 5.57 Å². The van der Waals surface area contributed by atoms with E-state index >= 15 is 0 Å². The van der Waals surface area contributed by atoms with Gasteiger partial charge >= 0.3 is 0 Å². The molecule has 1 amide bonds. The van der Waals surface area contributed by atoms with Gasteiger partial charge in [0.1, 0.15) is 13.7 Å². The number of rotatable bonds is 8. The number of amides is 1. The molecule has 6 nitrogen and oxygen atoms in total. The largest absolute Gasteiger partial charge is 0.398 e. The normalized spacial score (nSPS) is 12.5. The second kappa shape index (κ2) is 10.7. The lowest BCUT2D eigenvalue weighted by atomic mass is 10.0. The average molecular weight is 379 g/mol. The average Bonchev–Trinajstić information content (AvgIpc) is 2.73.